The molecule has 1 unspecified atom stereocenters. The molecule has 2 aliphatic heterocycles. The average Bonchev–Trinajstić information content (AvgIpc) is 3.16. The van der Waals surface area contributed by atoms with Crippen molar-refractivity contribution in [3.63, 3.8) is 0 Å². The number of hydrogen-bond donors (Lipinski definition) is 2. The van der Waals surface area contributed by atoms with Gasteiger partial charge in [0, 0.05) is 50.7 Å². The second-order valence-electron chi connectivity index (χ2n) is 7.56. The van der Waals surface area contributed by atoms with Crippen LogP contribution in [0, 0.1) is 0 Å². The van der Waals surface area contributed by atoms with Crippen LogP contribution in [-0.2, 0) is 11.3 Å². The number of rotatable bonds is 7. The number of aliphatic imine (C=N–C) groups is 1. The van der Waals surface area contributed by atoms with Crippen molar-refractivity contribution < 1.29 is 4.74 Å². The molecule has 7 heteroatoms. The van der Waals surface area contributed by atoms with Crippen molar-refractivity contribution >= 4 is 41.7 Å². The molecule has 5 nitrogen and oxygen atoms in total. The summed E-state index contributed by atoms with van der Waals surface area (Å²) in [6.45, 7) is 5.84. The molecule has 1 aromatic rings. The van der Waals surface area contributed by atoms with Gasteiger partial charge < -0.3 is 15.4 Å². The van der Waals surface area contributed by atoms with Gasteiger partial charge in [-0.15, -0.1) is 24.0 Å². The minimum absolute atomic E-state index is 0. The minimum atomic E-state index is 0. The van der Waals surface area contributed by atoms with E-state index >= 15 is 0 Å². The zero-order chi connectivity index (χ0) is 19.0. The monoisotopic (exact) mass is 518 g/mol. The van der Waals surface area contributed by atoms with Crippen LogP contribution in [0.1, 0.15) is 31.2 Å². The average molecular weight is 519 g/mol. The first-order valence-corrected chi connectivity index (χ1v) is 11.3. The smallest absolute Gasteiger partial charge is 0.191 e. The summed E-state index contributed by atoms with van der Waals surface area (Å²) in [4.78, 5) is 7.04. The van der Waals surface area contributed by atoms with Crippen molar-refractivity contribution in [2.45, 2.75) is 43.0 Å². The Morgan fingerprint density at radius 1 is 1.25 bits per heavy atom. The van der Waals surface area contributed by atoms with Gasteiger partial charge in [-0.2, -0.15) is 11.8 Å². The number of halogens is 1. The Morgan fingerprint density at radius 3 is 2.68 bits per heavy atom. The summed E-state index contributed by atoms with van der Waals surface area (Å²) in [6.07, 6.45) is 6.95. The summed E-state index contributed by atoms with van der Waals surface area (Å²) >= 11 is 1.96. The first kappa shape index (κ1) is 23.8. The van der Waals surface area contributed by atoms with Crippen molar-refractivity contribution in [3.8, 4) is 0 Å². The van der Waals surface area contributed by atoms with E-state index in [1.54, 1.807) is 0 Å². The fraction of sp³-hybridized carbons (Fsp3) is 0.667. The molecule has 158 valence electrons. The highest BCUT2D eigenvalue weighted by Gasteiger charge is 2.32. The van der Waals surface area contributed by atoms with Gasteiger partial charge in [-0.05, 0) is 44.0 Å². The lowest BCUT2D eigenvalue weighted by Crippen LogP contribution is -2.50. The lowest BCUT2D eigenvalue weighted by atomic mass is 9.99. The van der Waals surface area contributed by atoms with Gasteiger partial charge in [0.2, 0.25) is 0 Å². The van der Waals surface area contributed by atoms with E-state index in [0.717, 1.165) is 51.6 Å². The third-order valence-electron chi connectivity index (χ3n) is 5.87. The first-order chi connectivity index (χ1) is 13.2. The lowest BCUT2D eigenvalue weighted by molar-refractivity contribution is 0.0782. The number of benzene rings is 1. The second kappa shape index (κ2) is 12.2. The van der Waals surface area contributed by atoms with Crippen LogP contribution in [0.25, 0.3) is 0 Å². The summed E-state index contributed by atoms with van der Waals surface area (Å²) in [5.74, 6) is 0.918. The number of nitrogens with zero attached hydrogens (tertiary/aromatic N) is 2. The number of ether oxygens (including phenoxy) is 1. The van der Waals surface area contributed by atoms with E-state index in [2.05, 4.69) is 57.1 Å². The van der Waals surface area contributed by atoms with Gasteiger partial charge in [0.25, 0.3) is 0 Å². The topological polar surface area (TPSA) is 48.9 Å². The van der Waals surface area contributed by atoms with E-state index in [1.165, 1.54) is 24.9 Å². The van der Waals surface area contributed by atoms with Crippen LogP contribution in [0.2, 0.25) is 0 Å². The SMILES string of the molecule is CN=C(NCC1CCCN1Cc1ccccc1)NCC1(SC)CCOCC1.I. The van der Waals surface area contributed by atoms with Gasteiger partial charge in [0.05, 0.1) is 0 Å². The molecule has 1 aromatic carbocycles. The van der Waals surface area contributed by atoms with Gasteiger partial charge >= 0.3 is 0 Å². The Labute approximate surface area is 191 Å². The van der Waals surface area contributed by atoms with E-state index in [1.807, 2.05) is 18.8 Å². The lowest BCUT2D eigenvalue weighted by Gasteiger charge is -2.36. The summed E-state index contributed by atoms with van der Waals surface area (Å²) in [6, 6.07) is 11.4. The maximum absolute atomic E-state index is 5.54. The van der Waals surface area contributed by atoms with E-state index in [0.29, 0.717) is 6.04 Å². The first-order valence-electron chi connectivity index (χ1n) is 10.1. The molecule has 2 saturated heterocycles. The van der Waals surface area contributed by atoms with Gasteiger partial charge in [-0.3, -0.25) is 9.89 Å². The molecule has 0 radical (unpaired) electrons. The Balaban J connectivity index is 0.00000280. The molecule has 3 rings (SSSR count). The Morgan fingerprint density at radius 2 is 2.00 bits per heavy atom. The summed E-state index contributed by atoms with van der Waals surface area (Å²) in [5.41, 5.74) is 1.40. The second-order valence-corrected chi connectivity index (χ2v) is 8.83. The van der Waals surface area contributed by atoms with Gasteiger partial charge in [-0.1, -0.05) is 30.3 Å². The number of hydrogen-bond acceptors (Lipinski definition) is 4. The molecule has 0 aromatic heterocycles. The fourth-order valence-electron chi connectivity index (χ4n) is 4.03. The number of thioether (sulfide) groups is 1. The predicted molar refractivity (Wildman–Crippen MR) is 131 cm³/mol. The molecule has 0 aliphatic carbocycles. The third kappa shape index (κ3) is 6.78. The third-order valence-corrected chi connectivity index (χ3v) is 7.29. The molecule has 0 saturated carbocycles. The molecule has 1 atom stereocenters. The largest absolute Gasteiger partial charge is 0.381 e. The van der Waals surface area contributed by atoms with Crippen LogP contribution in [0.4, 0.5) is 0 Å². The van der Waals surface area contributed by atoms with E-state index in [4.69, 9.17) is 4.74 Å². The zero-order valence-electron chi connectivity index (χ0n) is 17.2. The van der Waals surface area contributed by atoms with Crippen LogP contribution in [0.5, 0.6) is 0 Å². The Kier molecular flexibility index (Phi) is 10.4. The zero-order valence-corrected chi connectivity index (χ0v) is 20.3. The highest BCUT2D eigenvalue weighted by Crippen LogP contribution is 2.32. The quantitative estimate of drug-likeness (QED) is 0.330. The molecule has 28 heavy (non-hydrogen) atoms. The molecule has 2 aliphatic rings. The predicted octanol–water partition coefficient (Wildman–Crippen LogP) is 3.35. The van der Waals surface area contributed by atoms with Crippen LogP contribution in [-0.4, -0.2) is 67.8 Å². The van der Waals surface area contributed by atoms with Crippen LogP contribution in [0.15, 0.2) is 35.3 Å². The maximum Gasteiger partial charge on any atom is 0.191 e. The molecule has 2 heterocycles. The van der Waals surface area contributed by atoms with Crippen LogP contribution >= 0.6 is 35.7 Å². The minimum Gasteiger partial charge on any atom is -0.381 e. The molecular weight excluding hydrogens is 483 g/mol. The Hall–Kier alpha value is -0.510. The molecule has 0 bridgehead atoms. The fourth-order valence-corrected chi connectivity index (χ4v) is 4.82. The molecule has 0 spiro atoms. The van der Waals surface area contributed by atoms with E-state index < -0.39 is 0 Å². The van der Waals surface area contributed by atoms with Crippen molar-refractivity contribution in [2.24, 2.45) is 4.99 Å². The number of likely N-dealkylation sites (tertiary alicyclic amines) is 1. The molecule has 2 N–H and O–H groups in total. The van der Waals surface area contributed by atoms with Gasteiger partial charge in [-0.25, -0.2) is 0 Å². The highest BCUT2D eigenvalue weighted by molar-refractivity contribution is 14.0. The Bertz CT molecular complexity index is 595. The maximum atomic E-state index is 5.54. The number of guanidine groups is 1. The molecular formula is C21H35IN4OS. The summed E-state index contributed by atoms with van der Waals surface area (Å²) in [7, 11) is 1.86. The van der Waals surface area contributed by atoms with Crippen molar-refractivity contribution in [2.75, 3.05) is 46.2 Å². The van der Waals surface area contributed by atoms with Crippen molar-refractivity contribution in [3.05, 3.63) is 35.9 Å². The van der Waals surface area contributed by atoms with E-state index in [9.17, 15) is 0 Å². The standard InChI is InChI=1S/C21H34N4OS.HI/c1-22-20(24-17-21(27-2)10-13-26-14-11-21)23-15-19-9-6-12-25(19)16-18-7-4-3-5-8-18;/h3-5,7-8,19H,6,9-17H2,1-2H3,(H2,22,23,24);1H. The molecule has 0 amide bonds. The normalized spacial score (nSPS) is 22.5. The number of nitrogens with one attached hydrogen (secondary N) is 2. The summed E-state index contributed by atoms with van der Waals surface area (Å²) < 4.78 is 5.81. The summed E-state index contributed by atoms with van der Waals surface area (Å²) in [5, 5.41) is 7.13. The van der Waals surface area contributed by atoms with Crippen molar-refractivity contribution in [1.82, 2.24) is 15.5 Å². The van der Waals surface area contributed by atoms with Gasteiger partial charge in [0.1, 0.15) is 0 Å². The highest BCUT2D eigenvalue weighted by atomic mass is 127. The van der Waals surface area contributed by atoms with E-state index in [-0.39, 0.29) is 28.7 Å². The van der Waals surface area contributed by atoms with Crippen LogP contribution < -0.4 is 10.6 Å². The van der Waals surface area contributed by atoms with Crippen LogP contribution in [0.3, 0.4) is 0 Å². The van der Waals surface area contributed by atoms with Crippen molar-refractivity contribution in [1.29, 1.82) is 0 Å². The molecule has 2 fully saturated rings. The van der Waals surface area contributed by atoms with Gasteiger partial charge in [0.15, 0.2) is 5.96 Å².